The van der Waals surface area contributed by atoms with Crippen molar-refractivity contribution in [3.63, 3.8) is 0 Å². The molecule has 2 rings (SSSR count). The normalized spacial score (nSPS) is 10.4. The molecule has 172 valence electrons. The Morgan fingerprint density at radius 2 is 0.765 bits per heavy atom. The van der Waals surface area contributed by atoms with Crippen molar-refractivity contribution in [3.05, 3.63) is 58.7 Å². The van der Waals surface area contributed by atoms with E-state index in [-0.39, 0.29) is 97.8 Å². The van der Waals surface area contributed by atoms with E-state index in [1.54, 1.807) is 0 Å². The van der Waals surface area contributed by atoms with Crippen LogP contribution in [0, 0.1) is 0 Å². The van der Waals surface area contributed by atoms with Crippen molar-refractivity contribution in [2.24, 2.45) is 0 Å². The van der Waals surface area contributed by atoms with Gasteiger partial charge in [0.05, 0.1) is 33.7 Å². The van der Waals surface area contributed by atoms with E-state index in [9.17, 15) is 56.4 Å². The number of carboxylic acid groups (broad SMARTS) is 4. The molecule has 0 unspecified atom stereocenters. The summed E-state index contributed by atoms with van der Waals surface area (Å²) in [4.78, 5) is 40.5. The van der Waals surface area contributed by atoms with Crippen LogP contribution in [0.4, 0.5) is 0 Å². The maximum Gasteiger partial charge on any atom is 2.00 e. The second kappa shape index (κ2) is 14.1. The van der Waals surface area contributed by atoms with Gasteiger partial charge in [-0.15, -0.1) is 0 Å². The van der Waals surface area contributed by atoms with Crippen LogP contribution >= 0.6 is 0 Å². The number of aromatic carboxylic acids is 4. The molecule has 2 aromatic rings. The first-order chi connectivity index (χ1) is 14.5. The molecule has 0 saturated heterocycles. The molecule has 0 heterocycles. The average molecular weight is 763 g/mol. The van der Waals surface area contributed by atoms with Gasteiger partial charge in [-0.25, -0.2) is 0 Å². The summed E-state index contributed by atoms with van der Waals surface area (Å²) in [7, 11) is -9.21. The fourth-order valence-corrected chi connectivity index (χ4v) is 3.07. The van der Waals surface area contributed by atoms with Crippen LogP contribution in [-0.2, 0) is 20.2 Å². The van der Waals surface area contributed by atoms with Gasteiger partial charge in [0.25, 0.3) is 20.2 Å². The van der Waals surface area contributed by atoms with Crippen LogP contribution in [0.5, 0.6) is 0 Å². The number of carboxylic acids is 4. The zero-order valence-corrected chi connectivity index (χ0v) is 27.0. The third kappa shape index (κ3) is 10.1. The van der Waals surface area contributed by atoms with Gasteiger partial charge >= 0.3 is 97.8 Å². The number of hydrogen-bond donors (Lipinski definition) is 2. The van der Waals surface area contributed by atoms with E-state index in [2.05, 4.69) is 0 Å². The predicted octanol–water partition coefficient (Wildman–Crippen LogP) is -5.44. The molecule has 0 bridgehead atoms. The quantitative estimate of drug-likeness (QED) is 0.206. The third-order valence-corrected chi connectivity index (χ3v) is 5.16. The average Bonchev–Trinajstić information content (AvgIpc) is 2.65. The van der Waals surface area contributed by atoms with Crippen molar-refractivity contribution in [2.45, 2.75) is 9.79 Å². The molecule has 2 aromatic carbocycles. The molecule has 0 spiro atoms. The minimum Gasteiger partial charge on any atom is -0.545 e. The maximum atomic E-state index is 10.7. The Morgan fingerprint density at radius 3 is 0.941 bits per heavy atom. The maximum absolute atomic E-state index is 10.7. The van der Waals surface area contributed by atoms with Crippen LogP contribution in [0.3, 0.4) is 0 Å². The van der Waals surface area contributed by atoms with Gasteiger partial charge in [0.15, 0.2) is 0 Å². The summed E-state index contributed by atoms with van der Waals surface area (Å²) >= 11 is 0. The van der Waals surface area contributed by atoms with Crippen LogP contribution in [0.15, 0.2) is 46.2 Å². The Balaban J connectivity index is 0. The summed E-state index contributed by atoms with van der Waals surface area (Å²) in [5.74, 6) is -7.35. The van der Waals surface area contributed by atoms with Gasteiger partial charge in [-0.05, 0) is 24.3 Å². The van der Waals surface area contributed by atoms with E-state index in [1.807, 2.05) is 0 Å². The van der Waals surface area contributed by atoms with Crippen molar-refractivity contribution in [1.82, 2.24) is 0 Å². The number of carbonyl (C=O) groups excluding carboxylic acids is 4. The fourth-order valence-electron chi connectivity index (χ4n) is 2.06. The first kappa shape index (κ1) is 35.4. The molecule has 0 amide bonds. The van der Waals surface area contributed by atoms with Crippen LogP contribution < -0.4 is 20.4 Å². The fraction of sp³-hybridized carbons (Fsp3) is 0. The first-order valence-electron chi connectivity index (χ1n) is 7.55. The van der Waals surface area contributed by atoms with Crippen LogP contribution in [0.25, 0.3) is 0 Å². The molecule has 0 saturated carbocycles. The van der Waals surface area contributed by atoms with Gasteiger partial charge in [0.2, 0.25) is 0 Å². The third-order valence-electron chi connectivity index (χ3n) is 3.46. The molecule has 18 heteroatoms. The molecule has 0 aliphatic heterocycles. The number of hydrogen-bond acceptors (Lipinski definition) is 12. The monoisotopic (exact) mass is 764 g/mol. The van der Waals surface area contributed by atoms with E-state index in [0.717, 1.165) is 12.1 Å². The summed E-state index contributed by atoms with van der Waals surface area (Å²) in [6, 6.07) is 3.85. The van der Waals surface area contributed by atoms with Gasteiger partial charge in [-0.2, -0.15) is 16.8 Å². The zero-order chi connectivity index (χ0) is 25.0. The molecule has 0 fully saturated rings. The van der Waals surface area contributed by atoms with Gasteiger partial charge in [-0.1, -0.05) is 12.1 Å². The Labute approximate surface area is 271 Å². The standard InChI is InChI=1S/2C8H6O7S.2Ba/c2*9-7(10)5-2-1-4(16(13,14)15)3-6(5)8(11)12;;/h2*1-3H,(H,9,10)(H,11,12)(H,13,14,15);;/q;;2*+2/p-4. The molecule has 34 heavy (non-hydrogen) atoms. The first-order valence-corrected chi connectivity index (χ1v) is 10.4. The molecule has 0 aromatic heterocycles. The zero-order valence-electron chi connectivity index (χ0n) is 16.5. The molecule has 14 nitrogen and oxygen atoms in total. The topological polar surface area (TPSA) is 269 Å². The molecule has 0 aliphatic carbocycles. The molecular formula is C16H8Ba2O14S2. The Kier molecular flexibility index (Phi) is 14.7. The van der Waals surface area contributed by atoms with E-state index in [1.165, 1.54) is 0 Å². The largest absolute Gasteiger partial charge is 2.00 e. The van der Waals surface area contributed by atoms with E-state index in [4.69, 9.17) is 9.11 Å². The summed E-state index contributed by atoms with van der Waals surface area (Å²) < 4.78 is 59.9. The second-order valence-corrected chi connectivity index (χ2v) is 8.36. The molecule has 2 N–H and O–H groups in total. The van der Waals surface area contributed by atoms with E-state index in [0.29, 0.717) is 24.3 Å². The van der Waals surface area contributed by atoms with Crippen LogP contribution in [-0.4, -0.2) is 148 Å². The minimum atomic E-state index is -4.61. The van der Waals surface area contributed by atoms with Gasteiger partial charge in [0, 0.05) is 22.3 Å². The number of benzene rings is 2. The van der Waals surface area contributed by atoms with Gasteiger partial charge < -0.3 is 39.6 Å². The second-order valence-electron chi connectivity index (χ2n) is 5.51. The minimum absolute atomic E-state index is 0. The summed E-state index contributed by atoms with van der Waals surface area (Å²) in [6.07, 6.45) is 0. The van der Waals surface area contributed by atoms with Gasteiger partial charge in [0.1, 0.15) is 0 Å². The predicted molar refractivity (Wildman–Crippen MR) is 101 cm³/mol. The Bertz CT molecular complexity index is 1230. The Hall–Kier alpha value is -0.717. The SMILES string of the molecule is O=C([O-])c1ccc(S(=O)(=O)O)cc1C(=O)[O-].O=C([O-])c1ccc(S(=O)(=O)O)cc1C(=O)[O-].[Ba+2].[Ba+2]. The number of rotatable bonds is 6. The Morgan fingerprint density at radius 1 is 0.529 bits per heavy atom. The summed E-state index contributed by atoms with van der Waals surface area (Å²) in [5, 5.41) is 42.0. The molecule has 0 aliphatic rings. The smallest absolute Gasteiger partial charge is 0.545 e. The summed E-state index contributed by atoms with van der Waals surface area (Å²) in [6.45, 7) is 0. The van der Waals surface area contributed by atoms with Crippen molar-refractivity contribution in [2.75, 3.05) is 0 Å². The van der Waals surface area contributed by atoms with Crippen molar-refractivity contribution < 1.29 is 65.5 Å². The van der Waals surface area contributed by atoms with Gasteiger partial charge in [-0.3, -0.25) is 9.11 Å². The van der Waals surface area contributed by atoms with Crippen LogP contribution in [0.2, 0.25) is 0 Å². The summed E-state index contributed by atoms with van der Waals surface area (Å²) in [5.41, 5.74) is -3.22. The number of carbonyl (C=O) groups is 4. The molecule has 0 radical (unpaired) electrons. The van der Waals surface area contributed by atoms with Crippen molar-refractivity contribution >= 4 is 142 Å². The van der Waals surface area contributed by atoms with E-state index >= 15 is 0 Å². The van der Waals surface area contributed by atoms with E-state index < -0.39 is 76.2 Å². The van der Waals surface area contributed by atoms with Crippen molar-refractivity contribution in [1.29, 1.82) is 0 Å². The van der Waals surface area contributed by atoms with Crippen LogP contribution in [0.1, 0.15) is 41.4 Å². The van der Waals surface area contributed by atoms with Crippen molar-refractivity contribution in [3.8, 4) is 0 Å². The molecule has 0 atom stereocenters. The molecular weight excluding hydrogens is 755 g/mol.